The summed E-state index contributed by atoms with van der Waals surface area (Å²) in [5.74, 6) is 0.548. The molecule has 1 heterocycles. The molecule has 0 amide bonds. The molecule has 0 radical (unpaired) electrons. The molecule has 2 unspecified atom stereocenters. The lowest BCUT2D eigenvalue weighted by Crippen LogP contribution is -2.46. The van der Waals surface area contributed by atoms with Crippen molar-refractivity contribution in [2.75, 3.05) is 26.2 Å². The monoisotopic (exact) mass is 264 g/mol. The number of hydrogen-bond acceptors (Lipinski definition) is 4. The number of carbonyl (C=O) groups excluding carboxylic acids is 1. The zero-order valence-electron chi connectivity index (χ0n) is 10.9. The van der Waals surface area contributed by atoms with E-state index in [0.717, 1.165) is 32.5 Å². The van der Waals surface area contributed by atoms with Crippen LogP contribution < -0.4 is 5.73 Å². The van der Waals surface area contributed by atoms with Crippen LogP contribution in [-0.2, 0) is 9.53 Å². The van der Waals surface area contributed by atoms with Crippen molar-refractivity contribution < 1.29 is 9.53 Å². The smallest absolute Gasteiger partial charge is 0.323 e. The van der Waals surface area contributed by atoms with E-state index in [1.165, 1.54) is 6.42 Å². The molecule has 2 atom stereocenters. The highest BCUT2D eigenvalue weighted by atomic mass is 35.5. The highest BCUT2D eigenvalue weighted by Crippen LogP contribution is 2.21. The van der Waals surface area contributed by atoms with Crippen LogP contribution in [0.2, 0.25) is 0 Å². The van der Waals surface area contributed by atoms with Gasteiger partial charge >= 0.3 is 5.97 Å². The van der Waals surface area contributed by atoms with Gasteiger partial charge < -0.3 is 10.5 Å². The van der Waals surface area contributed by atoms with Gasteiger partial charge in [0, 0.05) is 6.54 Å². The molecule has 0 aliphatic carbocycles. The van der Waals surface area contributed by atoms with E-state index < -0.39 is 0 Å². The van der Waals surface area contributed by atoms with Crippen molar-refractivity contribution >= 4 is 18.4 Å². The topological polar surface area (TPSA) is 55.6 Å². The second kappa shape index (κ2) is 8.72. The third-order valence-corrected chi connectivity index (χ3v) is 3.30. The molecule has 0 aromatic rings. The standard InChI is InChI=1S/C12H24N2O2.ClH/c1-3-16-12(15)10(2)14-8-4-5-11(9-14)6-7-13;/h10-11H,3-9,13H2,1-2H3;1H. The van der Waals surface area contributed by atoms with E-state index in [1.807, 2.05) is 13.8 Å². The Morgan fingerprint density at radius 1 is 1.59 bits per heavy atom. The Balaban J connectivity index is 0.00000256. The van der Waals surface area contributed by atoms with E-state index in [2.05, 4.69) is 4.90 Å². The highest BCUT2D eigenvalue weighted by Gasteiger charge is 2.27. The van der Waals surface area contributed by atoms with Gasteiger partial charge in [-0.2, -0.15) is 0 Å². The van der Waals surface area contributed by atoms with Gasteiger partial charge in [0.1, 0.15) is 6.04 Å². The Hall–Kier alpha value is -0.320. The lowest BCUT2D eigenvalue weighted by atomic mass is 9.94. The summed E-state index contributed by atoms with van der Waals surface area (Å²) in [6.07, 6.45) is 3.46. The molecule has 0 saturated carbocycles. The molecule has 0 bridgehead atoms. The third-order valence-electron chi connectivity index (χ3n) is 3.30. The summed E-state index contributed by atoms with van der Waals surface area (Å²) < 4.78 is 5.05. The summed E-state index contributed by atoms with van der Waals surface area (Å²) in [5, 5.41) is 0. The van der Waals surface area contributed by atoms with Crippen LogP contribution in [0.4, 0.5) is 0 Å². The molecule has 4 nitrogen and oxygen atoms in total. The van der Waals surface area contributed by atoms with Crippen molar-refractivity contribution in [1.29, 1.82) is 0 Å². The molecule has 1 saturated heterocycles. The molecule has 17 heavy (non-hydrogen) atoms. The van der Waals surface area contributed by atoms with Crippen molar-refractivity contribution in [2.24, 2.45) is 11.7 Å². The fourth-order valence-corrected chi connectivity index (χ4v) is 2.33. The van der Waals surface area contributed by atoms with Crippen molar-refractivity contribution in [3.63, 3.8) is 0 Å². The molecular weight excluding hydrogens is 240 g/mol. The van der Waals surface area contributed by atoms with E-state index in [-0.39, 0.29) is 24.4 Å². The van der Waals surface area contributed by atoms with Crippen molar-refractivity contribution in [3.05, 3.63) is 0 Å². The van der Waals surface area contributed by atoms with E-state index in [4.69, 9.17) is 10.5 Å². The predicted octanol–water partition coefficient (Wildman–Crippen LogP) is 1.42. The quantitative estimate of drug-likeness (QED) is 0.763. The molecule has 102 valence electrons. The van der Waals surface area contributed by atoms with E-state index in [1.54, 1.807) is 0 Å². The Morgan fingerprint density at radius 3 is 2.88 bits per heavy atom. The number of halogens is 1. The van der Waals surface area contributed by atoms with E-state index in [0.29, 0.717) is 12.5 Å². The fraction of sp³-hybridized carbons (Fsp3) is 0.917. The van der Waals surface area contributed by atoms with Gasteiger partial charge in [-0.3, -0.25) is 9.69 Å². The summed E-state index contributed by atoms with van der Waals surface area (Å²) in [4.78, 5) is 13.8. The minimum Gasteiger partial charge on any atom is -0.465 e. The highest BCUT2D eigenvalue weighted by molar-refractivity contribution is 5.85. The summed E-state index contributed by atoms with van der Waals surface area (Å²) in [6.45, 7) is 6.97. The summed E-state index contributed by atoms with van der Waals surface area (Å²) in [5.41, 5.74) is 5.58. The number of esters is 1. The molecule has 1 aliphatic heterocycles. The molecule has 1 rings (SSSR count). The number of likely N-dealkylation sites (tertiary alicyclic amines) is 1. The zero-order valence-corrected chi connectivity index (χ0v) is 11.7. The molecule has 1 fully saturated rings. The van der Waals surface area contributed by atoms with Gasteiger partial charge in [-0.05, 0) is 52.1 Å². The zero-order chi connectivity index (χ0) is 12.0. The number of rotatable bonds is 5. The summed E-state index contributed by atoms with van der Waals surface area (Å²) in [7, 11) is 0. The molecule has 1 aliphatic rings. The first kappa shape index (κ1) is 16.7. The minimum absolute atomic E-state index is 0. The molecule has 5 heteroatoms. The average molecular weight is 265 g/mol. The second-order valence-electron chi connectivity index (χ2n) is 4.51. The number of piperidine rings is 1. The lowest BCUT2D eigenvalue weighted by Gasteiger charge is -2.35. The summed E-state index contributed by atoms with van der Waals surface area (Å²) in [6, 6.07) is -0.111. The average Bonchev–Trinajstić information content (AvgIpc) is 2.29. The van der Waals surface area contributed by atoms with E-state index in [9.17, 15) is 4.79 Å². The molecular formula is C12H25ClN2O2. The Bertz CT molecular complexity index is 225. The molecule has 0 spiro atoms. The van der Waals surface area contributed by atoms with Crippen LogP contribution in [0.1, 0.15) is 33.1 Å². The van der Waals surface area contributed by atoms with Crippen LogP contribution in [0.15, 0.2) is 0 Å². The first-order chi connectivity index (χ1) is 7.69. The van der Waals surface area contributed by atoms with Gasteiger partial charge in [0.2, 0.25) is 0 Å². The predicted molar refractivity (Wildman–Crippen MR) is 71.3 cm³/mol. The van der Waals surface area contributed by atoms with E-state index >= 15 is 0 Å². The SMILES string of the molecule is CCOC(=O)C(C)N1CCCC(CCN)C1.Cl. The van der Waals surface area contributed by atoms with Gasteiger partial charge in [0.15, 0.2) is 0 Å². The second-order valence-corrected chi connectivity index (χ2v) is 4.51. The van der Waals surface area contributed by atoms with Gasteiger partial charge in [-0.15, -0.1) is 12.4 Å². The maximum atomic E-state index is 11.6. The van der Waals surface area contributed by atoms with Gasteiger partial charge in [-0.25, -0.2) is 0 Å². The van der Waals surface area contributed by atoms with Crippen LogP contribution in [0.3, 0.4) is 0 Å². The largest absolute Gasteiger partial charge is 0.465 e. The normalized spacial score (nSPS) is 22.6. The fourth-order valence-electron chi connectivity index (χ4n) is 2.33. The van der Waals surface area contributed by atoms with Crippen LogP contribution in [-0.4, -0.2) is 43.2 Å². The molecule has 0 aromatic carbocycles. The number of ether oxygens (including phenoxy) is 1. The number of nitrogens with zero attached hydrogens (tertiary/aromatic N) is 1. The minimum atomic E-state index is -0.111. The van der Waals surface area contributed by atoms with Gasteiger partial charge in [0.25, 0.3) is 0 Å². The Morgan fingerprint density at radius 2 is 2.29 bits per heavy atom. The number of carbonyl (C=O) groups is 1. The summed E-state index contributed by atoms with van der Waals surface area (Å²) >= 11 is 0. The maximum absolute atomic E-state index is 11.6. The lowest BCUT2D eigenvalue weighted by molar-refractivity contribution is -0.149. The van der Waals surface area contributed by atoms with Crippen molar-refractivity contribution in [2.45, 2.75) is 39.2 Å². The van der Waals surface area contributed by atoms with Crippen LogP contribution in [0.5, 0.6) is 0 Å². The first-order valence-electron chi connectivity index (χ1n) is 6.29. The van der Waals surface area contributed by atoms with Crippen LogP contribution in [0.25, 0.3) is 0 Å². The van der Waals surface area contributed by atoms with Crippen LogP contribution >= 0.6 is 12.4 Å². The number of nitrogens with two attached hydrogens (primary N) is 1. The van der Waals surface area contributed by atoms with Crippen molar-refractivity contribution in [3.8, 4) is 0 Å². The van der Waals surface area contributed by atoms with Crippen molar-refractivity contribution in [1.82, 2.24) is 4.90 Å². The molecule has 0 aromatic heterocycles. The van der Waals surface area contributed by atoms with Gasteiger partial charge in [-0.1, -0.05) is 0 Å². The Labute approximate surface area is 110 Å². The Kier molecular flexibility index (Phi) is 8.56. The number of hydrogen-bond donors (Lipinski definition) is 1. The third kappa shape index (κ3) is 5.23. The maximum Gasteiger partial charge on any atom is 0.323 e. The molecule has 2 N–H and O–H groups in total. The van der Waals surface area contributed by atoms with Crippen LogP contribution in [0, 0.1) is 5.92 Å². The van der Waals surface area contributed by atoms with Gasteiger partial charge in [0.05, 0.1) is 6.61 Å². The first-order valence-corrected chi connectivity index (χ1v) is 6.29.